The van der Waals surface area contributed by atoms with Gasteiger partial charge in [0.15, 0.2) is 0 Å². The molecule has 1 rings (SSSR count). The minimum atomic E-state index is -0.501. The van der Waals surface area contributed by atoms with Crippen LogP contribution in [0.2, 0.25) is 0 Å². The van der Waals surface area contributed by atoms with Crippen molar-refractivity contribution in [3.05, 3.63) is 0 Å². The largest absolute Gasteiger partial charge is 0.444 e. The highest BCUT2D eigenvalue weighted by Gasteiger charge is 2.37. The van der Waals surface area contributed by atoms with Crippen LogP contribution in [0.5, 0.6) is 0 Å². The number of rotatable bonds is 3. The van der Waals surface area contributed by atoms with Gasteiger partial charge in [0.2, 0.25) is 5.91 Å². The highest BCUT2D eigenvalue weighted by atomic mass is 16.7. The Balaban J connectivity index is 2.27. The van der Waals surface area contributed by atoms with Gasteiger partial charge in [0.05, 0.1) is 7.11 Å². The molecule has 1 N–H and O–H groups in total. The third-order valence-electron chi connectivity index (χ3n) is 2.79. The quantitative estimate of drug-likeness (QED) is 0.775. The molecule has 6 heteroatoms. The molecule has 6 nitrogen and oxygen atoms in total. The van der Waals surface area contributed by atoms with Crippen molar-refractivity contribution in [2.24, 2.45) is 5.92 Å². The number of hydroxylamine groups is 2. The summed E-state index contributed by atoms with van der Waals surface area (Å²) < 4.78 is 5.14. The fraction of sp³-hybridized carbons (Fsp3) is 0.833. The fourth-order valence-corrected chi connectivity index (χ4v) is 1.76. The summed E-state index contributed by atoms with van der Waals surface area (Å²) in [5, 5.41) is 3.96. The molecule has 0 aromatic carbocycles. The van der Waals surface area contributed by atoms with Crippen LogP contribution in [0.25, 0.3) is 0 Å². The first kappa shape index (κ1) is 14.8. The first-order valence-corrected chi connectivity index (χ1v) is 6.04. The van der Waals surface area contributed by atoms with Crippen LogP contribution < -0.4 is 5.32 Å². The number of nitrogens with one attached hydrogen (secondary N) is 1. The Bertz CT molecular complexity index is 319. The van der Waals surface area contributed by atoms with Crippen LogP contribution in [0, 0.1) is 5.92 Å². The van der Waals surface area contributed by atoms with Crippen LogP contribution in [-0.2, 0) is 14.4 Å². The molecule has 0 aliphatic heterocycles. The summed E-state index contributed by atoms with van der Waals surface area (Å²) >= 11 is 0. The number of carbonyl (C=O) groups excluding carboxylic acids is 2. The van der Waals surface area contributed by atoms with Crippen molar-refractivity contribution < 1.29 is 19.2 Å². The summed E-state index contributed by atoms with van der Waals surface area (Å²) in [6, 6.07) is 0.0130. The standard InChI is InChI=1S/C12H22N2O4/c1-12(2,3)18-11(16)13-9-6-8(7-9)10(15)14(4)17-5/h8-9H,6-7H2,1-5H3,(H,13,16)/t8-,9+. The zero-order chi connectivity index (χ0) is 13.9. The number of ether oxygens (including phenoxy) is 1. The normalized spacial score (nSPS) is 22.9. The van der Waals surface area contributed by atoms with E-state index in [9.17, 15) is 9.59 Å². The maximum absolute atomic E-state index is 11.7. The Kier molecular flexibility index (Phi) is 4.56. The summed E-state index contributed by atoms with van der Waals surface area (Å²) in [4.78, 5) is 28.0. The molecule has 0 heterocycles. The molecule has 18 heavy (non-hydrogen) atoms. The zero-order valence-electron chi connectivity index (χ0n) is 11.6. The van der Waals surface area contributed by atoms with Gasteiger partial charge >= 0.3 is 6.09 Å². The molecule has 1 saturated carbocycles. The molecule has 0 saturated heterocycles. The van der Waals surface area contributed by atoms with Gasteiger partial charge in [-0.1, -0.05) is 0 Å². The first-order valence-electron chi connectivity index (χ1n) is 6.04. The van der Waals surface area contributed by atoms with E-state index in [4.69, 9.17) is 9.57 Å². The number of nitrogens with zero attached hydrogens (tertiary/aromatic N) is 1. The van der Waals surface area contributed by atoms with E-state index < -0.39 is 11.7 Å². The van der Waals surface area contributed by atoms with Crippen LogP contribution in [0.4, 0.5) is 4.79 Å². The van der Waals surface area contributed by atoms with Crippen LogP contribution in [-0.4, -0.2) is 42.9 Å². The number of alkyl carbamates (subject to hydrolysis) is 1. The van der Waals surface area contributed by atoms with Crippen molar-refractivity contribution in [3.63, 3.8) is 0 Å². The van der Waals surface area contributed by atoms with Crippen LogP contribution in [0.15, 0.2) is 0 Å². The van der Waals surface area contributed by atoms with Crippen LogP contribution >= 0.6 is 0 Å². The van der Waals surface area contributed by atoms with E-state index >= 15 is 0 Å². The summed E-state index contributed by atoms with van der Waals surface area (Å²) in [5.41, 5.74) is -0.501. The predicted octanol–water partition coefficient (Wildman–Crippen LogP) is 1.31. The first-order chi connectivity index (χ1) is 8.23. The molecule has 0 radical (unpaired) electrons. The van der Waals surface area contributed by atoms with E-state index in [1.165, 1.54) is 12.2 Å². The van der Waals surface area contributed by atoms with Gasteiger partial charge in [-0.05, 0) is 33.6 Å². The molecular weight excluding hydrogens is 236 g/mol. The van der Waals surface area contributed by atoms with Gasteiger partial charge < -0.3 is 10.1 Å². The lowest BCUT2D eigenvalue weighted by Crippen LogP contribution is -2.50. The van der Waals surface area contributed by atoms with Crippen molar-refractivity contribution in [2.75, 3.05) is 14.2 Å². The van der Waals surface area contributed by atoms with E-state index in [0.29, 0.717) is 12.8 Å². The van der Waals surface area contributed by atoms with Crippen molar-refractivity contribution in [3.8, 4) is 0 Å². The number of amides is 2. The molecule has 0 aromatic rings. The van der Waals surface area contributed by atoms with Gasteiger partial charge in [-0.3, -0.25) is 9.63 Å². The summed E-state index contributed by atoms with van der Waals surface area (Å²) in [6.07, 6.45) is 0.830. The van der Waals surface area contributed by atoms with Gasteiger partial charge in [-0.15, -0.1) is 0 Å². The maximum Gasteiger partial charge on any atom is 0.407 e. The zero-order valence-corrected chi connectivity index (χ0v) is 11.6. The Hall–Kier alpha value is -1.30. The molecule has 1 aliphatic carbocycles. The Morgan fingerprint density at radius 1 is 1.28 bits per heavy atom. The Labute approximate surface area is 108 Å². The average molecular weight is 258 g/mol. The molecule has 0 aromatic heterocycles. The minimum Gasteiger partial charge on any atom is -0.444 e. The molecule has 1 fully saturated rings. The molecular formula is C12H22N2O4. The number of hydrogen-bond acceptors (Lipinski definition) is 4. The van der Waals surface area contributed by atoms with Crippen molar-refractivity contribution in [1.29, 1.82) is 0 Å². The molecule has 104 valence electrons. The lowest BCUT2D eigenvalue weighted by atomic mass is 9.79. The van der Waals surface area contributed by atoms with E-state index in [1.54, 1.807) is 7.05 Å². The highest BCUT2D eigenvalue weighted by molar-refractivity contribution is 5.79. The van der Waals surface area contributed by atoms with Gasteiger partial charge in [0.25, 0.3) is 0 Å². The van der Waals surface area contributed by atoms with Crippen LogP contribution in [0.3, 0.4) is 0 Å². The molecule has 0 bridgehead atoms. The van der Waals surface area contributed by atoms with Crippen molar-refractivity contribution in [2.45, 2.75) is 45.3 Å². The maximum atomic E-state index is 11.7. The fourth-order valence-electron chi connectivity index (χ4n) is 1.76. The van der Waals surface area contributed by atoms with Gasteiger partial charge in [0, 0.05) is 19.0 Å². The molecule has 1 aliphatic rings. The second-order valence-electron chi connectivity index (χ2n) is 5.53. The third-order valence-corrected chi connectivity index (χ3v) is 2.79. The van der Waals surface area contributed by atoms with Gasteiger partial charge in [-0.25, -0.2) is 9.86 Å². The van der Waals surface area contributed by atoms with Crippen molar-refractivity contribution >= 4 is 12.0 Å². The SMILES string of the molecule is CON(C)C(=O)[C@H]1C[C@@H](NC(=O)OC(C)(C)C)C1. The van der Waals surface area contributed by atoms with E-state index in [0.717, 1.165) is 0 Å². The second kappa shape index (κ2) is 5.56. The van der Waals surface area contributed by atoms with E-state index in [1.807, 2.05) is 20.8 Å². The lowest BCUT2D eigenvalue weighted by molar-refractivity contribution is -0.176. The van der Waals surface area contributed by atoms with E-state index in [-0.39, 0.29) is 17.9 Å². The monoisotopic (exact) mass is 258 g/mol. The smallest absolute Gasteiger partial charge is 0.407 e. The molecule has 0 spiro atoms. The third kappa shape index (κ3) is 4.18. The molecule has 0 atom stereocenters. The summed E-state index contributed by atoms with van der Waals surface area (Å²) in [6.45, 7) is 5.44. The van der Waals surface area contributed by atoms with Gasteiger partial charge in [0.1, 0.15) is 5.60 Å². The second-order valence-corrected chi connectivity index (χ2v) is 5.53. The molecule has 0 unspecified atom stereocenters. The highest BCUT2D eigenvalue weighted by Crippen LogP contribution is 2.29. The lowest BCUT2D eigenvalue weighted by Gasteiger charge is -2.36. The molecule has 2 amide bonds. The van der Waals surface area contributed by atoms with Gasteiger partial charge in [-0.2, -0.15) is 0 Å². The van der Waals surface area contributed by atoms with Crippen LogP contribution in [0.1, 0.15) is 33.6 Å². The topological polar surface area (TPSA) is 67.9 Å². The predicted molar refractivity (Wildman–Crippen MR) is 65.7 cm³/mol. The Morgan fingerprint density at radius 3 is 2.28 bits per heavy atom. The Morgan fingerprint density at radius 2 is 1.83 bits per heavy atom. The average Bonchev–Trinajstić information content (AvgIpc) is 2.18. The number of hydrogen-bond donors (Lipinski definition) is 1. The number of carbonyl (C=O) groups is 2. The summed E-state index contributed by atoms with van der Waals surface area (Å²) in [5.74, 6) is -0.130. The minimum absolute atomic E-state index is 0.0130. The summed E-state index contributed by atoms with van der Waals surface area (Å²) in [7, 11) is 3.03. The van der Waals surface area contributed by atoms with E-state index in [2.05, 4.69) is 5.32 Å². The van der Waals surface area contributed by atoms with Crippen molar-refractivity contribution in [1.82, 2.24) is 10.4 Å².